The van der Waals surface area contributed by atoms with Crippen molar-refractivity contribution >= 4 is 46.7 Å². The fourth-order valence-electron chi connectivity index (χ4n) is 2.16. The molecule has 2 heterocycles. The van der Waals surface area contributed by atoms with Crippen molar-refractivity contribution in [1.29, 1.82) is 0 Å². The number of nitrogens with two attached hydrogens (primary N) is 1. The van der Waals surface area contributed by atoms with Gasteiger partial charge in [-0.25, -0.2) is 4.79 Å². The van der Waals surface area contributed by atoms with E-state index in [-0.39, 0.29) is 30.0 Å². The van der Waals surface area contributed by atoms with Crippen molar-refractivity contribution in [2.75, 3.05) is 5.32 Å². The number of hydrogen-bond donors (Lipinski definition) is 4. The van der Waals surface area contributed by atoms with Gasteiger partial charge in [-0.3, -0.25) is 24.5 Å². The standard InChI is InChI=1S/C14H16N4O6S/c1-6(19)16-9-4-7(5-24-14(15)23)25-11(9)13(22)17-8-2-3-10(20)18-12(8)21/h4,8H,2-3,5H2,1H3,(H2,15,23)(H,16,19)(H,17,22)(H,18,20,21). The first-order chi connectivity index (χ1) is 11.8. The number of primary amides is 1. The summed E-state index contributed by atoms with van der Waals surface area (Å²) in [6.07, 6.45) is -0.657. The zero-order chi connectivity index (χ0) is 18.6. The summed E-state index contributed by atoms with van der Waals surface area (Å²) in [5.41, 5.74) is 5.13. The number of anilines is 1. The van der Waals surface area contributed by atoms with Gasteiger partial charge in [0, 0.05) is 18.2 Å². The van der Waals surface area contributed by atoms with Crippen molar-refractivity contribution in [2.45, 2.75) is 32.4 Å². The van der Waals surface area contributed by atoms with Crippen LogP contribution >= 0.6 is 11.3 Å². The molecule has 1 aliphatic rings. The highest BCUT2D eigenvalue weighted by Gasteiger charge is 2.29. The predicted octanol–water partition coefficient (Wildman–Crippen LogP) is -0.163. The van der Waals surface area contributed by atoms with Crippen LogP contribution in [0.3, 0.4) is 0 Å². The molecule has 1 saturated heterocycles. The summed E-state index contributed by atoms with van der Waals surface area (Å²) < 4.78 is 4.66. The molecule has 5 N–H and O–H groups in total. The molecule has 1 fully saturated rings. The minimum Gasteiger partial charge on any atom is -0.444 e. The number of piperidine rings is 1. The molecule has 10 nitrogen and oxygen atoms in total. The van der Waals surface area contributed by atoms with E-state index in [1.807, 2.05) is 0 Å². The van der Waals surface area contributed by atoms with Gasteiger partial charge in [-0.05, 0) is 12.5 Å². The lowest BCUT2D eigenvalue weighted by atomic mass is 10.1. The van der Waals surface area contributed by atoms with Crippen LogP contribution in [0.15, 0.2) is 6.07 Å². The number of ether oxygens (including phenoxy) is 1. The smallest absolute Gasteiger partial charge is 0.404 e. The summed E-state index contributed by atoms with van der Waals surface area (Å²) in [5, 5.41) is 7.16. The molecule has 0 bridgehead atoms. The second kappa shape index (κ2) is 7.75. The molecule has 0 spiro atoms. The summed E-state index contributed by atoms with van der Waals surface area (Å²) >= 11 is 0.984. The summed E-state index contributed by atoms with van der Waals surface area (Å²) in [4.78, 5) is 57.9. The lowest BCUT2D eigenvalue weighted by molar-refractivity contribution is -0.134. The van der Waals surface area contributed by atoms with Gasteiger partial charge in [-0.2, -0.15) is 0 Å². The zero-order valence-electron chi connectivity index (χ0n) is 13.2. The van der Waals surface area contributed by atoms with Gasteiger partial charge < -0.3 is 21.1 Å². The lowest BCUT2D eigenvalue weighted by Gasteiger charge is -2.21. The maximum atomic E-state index is 12.4. The number of nitrogens with one attached hydrogen (secondary N) is 3. The first-order valence-corrected chi connectivity index (χ1v) is 8.05. The van der Waals surface area contributed by atoms with Crippen molar-refractivity contribution in [3.8, 4) is 0 Å². The number of amides is 5. The van der Waals surface area contributed by atoms with Crippen LogP contribution in [0.1, 0.15) is 34.3 Å². The minimum atomic E-state index is -0.968. The van der Waals surface area contributed by atoms with Crippen molar-refractivity contribution in [2.24, 2.45) is 5.73 Å². The van der Waals surface area contributed by atoms with Crippen LogP contribution in [0.2, 0.25) is 0 Å². The van der Waals surface area contributed by atoms with Crippen LogP contribution in [-0.2, 0) is 25.7 Å². The monoisotopic (exact) mass is 368 g/mol. The average Bonchev–Trinajstić information content (AvgIpc) is 2.90. The molecule has 0 aliphatic carbocycles. The number of carbonyl (C=O) groups excluding carboxylic acids is 5. The molecular formula is C14H16N4O6S. The van der Waals surface area contributed by atoms with E-state index < -0.39 is 35.8 Å². The third-order valence-corrected chi connectivity index (χ3v) is 4.31. The van der Waals surface area contributed by atoms with Gasteiger partial charge in [0.2, 0.25) is 17.7 Å². The lowest BCUT2D eigenvalue weighted by Crippen LogP contribution is -2.52. The second-order valence-electron chi connectivity index (χ2n) is 5.22. The van der Waals surface area contributed by atoms with E-state index in [1.54, 1.807) is 0 Å². The molecule has 1 unspecified atom stereocenters. The molecule has 11 heteroatoms. The van der Waals surface area contributed by atoms with E-state index in [0.29, 0.717) is 4.88 Å². The molecule has 1 aromatic heterocycles. The zero-order valence-corrected chi connectivity index (χ0v) is 14.0. The summed E-state index contributed by atoms with van der Waals surface area (Å²) in [7, 11) is 0. The van der Waals surface area contributed by atoms with Crippen molar-refractivity contribution in [3.63, 3.8) is 0 Å². The quantitative estimate of drug-likeness (QED) is 0.529. The molecule has 1 atom stereocenters. The maximum absolute atomic E-state index is 12.4. The van der Waals surface area contributed by atoms with Crippen LogP contribution in [0.5, 0.6) is 0 Å². The Balaban J connectivity index is 2.15. The van der Waals surface area contributed by atoms with E-state index >= 15 is 0 Å². The normalized spacial score (nSPS) is 16.8. The Kier molecular flexibility index (Phi) is 5.70. The topological polar surface area (TPSA) is 157 Å². The van der Waals surface area contributed by atoms with Crippen LogP contribution < -0.4 is 21.7 Å². The number of carbonyl (C=O) groups is 5. The molecule has 2 rings (SSSR count). The van der Waals surface area contributed by atoms with Crippen LogP contribution in [0.4, 0.5) is 10.5 Å². The fourth-order valence-corrected chi connectivity index (χ4v) is 3.09. The van der Waals surface area contributed by atoms with Gasteiger partial charge in [0.1, 0.15) is 17.5 Å². The molecule has 134 valence electrons. The van der Waals surface area contributed by atoms with E-state index in [2.05, 4.69) is 20.7 Å². The highest BCUT2D eigenvalue weighted by atomic mass is 32.1. The van der Waals surface area contributed by atoms with Crippen LogP contribution in [0.25, 0.3) is 0 Å². The molecule has 25 heavy (non-hydrogen) atoms. The molecule has 0 aromatic carbocycles. The second-order valence-corrected chi connectivity index (χ2v) is 6.36. The molecular weight excluding hydrogens is 352 g/mol. The molecule has 5 amide bonds. The third-order valence-electron chi connectivity index (χ3n) is 3.20. The maximum Gasteiger partial charge on any atom is 0.404 e. The summed E-state index contributed by atoms with van der Waals surface area (Å²) in [5.74, 6) is -1.96. The van der Waals surface area contributed by atoms with Gasteiger partial charge in [0.25, 0.3) is 5.91 Å². The van der Waals surface area contributed by atoms with Gasteiger partial charge >= 0.3 is 6.09 Å². The van der Waals surface area contributed by atoms with Gasteiger partial charge in [0.05, 0.1) is 5.69 Å². The fraction of sp³-hybridized carbons (Fsp3) is 0.357. The predicted molar refractivity (Wildman–Crippen MR) is 86.6 cm³/mol. The van der Waals surface area contributed by atoms with Gasteiger partial charge in [-0.1, -0.05) is 0 Å². The Bertz CT molecular complexity index is 744. The molecule has 0 radical (unpaired) electrons. The Morgan fingerprint density at radius 3 is 2.72 bits per heavy atom. The Labute approximate surface area is 146 Å². The first-order valence-electron chi connectivity index (χ1n) is 7.23. The van der Waals surface area contributed by atoms with E-state index in [9.17, 15) is 24.0 Å². The summed E-state index contributed by atoms with van der Waals surface area (Å²) in [6, 6.07) is 0.636. The van der Waals surface area contributed by atoms with E-state index in [0.717, 1.165) is 11.3 Å². The van der Waals surface area contributed by atoms with Crippen LogP contribution in [0, 0.1) is 0 Å². The Morgan fingerprint density at radius 1 is 1.40 bits per heavy atom. The molecule has 1 aromatic rings. The number of thiophene rings is 1. The number of hydrogen-bond acceptors (Lipinski definition) is 7. The highest BCUT2D eigenvalue weighted by molar-refractivity contribution is 7.14. The SMILES string of the molecule is CC(=O)Nc1cc(COC(N)=O)sc1C(=O)NC1CCC(=O)NC1=O. The van der Waals surface area contributed by atoms with Gasteiger partial charge in [0.15, 0.2) is 0 Å². The van der Waals surface area contributed by atoms with E-state index in [1.165, 1.54) is 13.0 Å². The minimum absolute atomic E-state index is 0.122. The Hall–Kier alpha value is -2.95. The van der Waals surface area contributed by atoms with E-state index in [4.69, 9.17) is 5.73 Å². The molecule has 1 aliphatic heterocycles. The van der Waals surface area contributed by atoms with Crippen LogP contribution in [-0.4, -0.2) is 35.8 Å². The average molecular weight is 368 g/mol. The number of imide groups is 1. The largest absolute Gasteiger partial charge is 0.444 e. The first kappa shape index (κ1) is 18.4. The molecule has 0 saturated carbocycles. The van der Waals surface area contributed by atoms with Gasteiger partial charge in [-0.15, -0.1) is 11.3 Å². The Morgan fingerprint density at radius 2 is 2.12 bits per heavy atom. The third kappa shape index (κ3) is 5.01. The van der Waals surface area contributed by atoms with Crippen molar-refractivity contribution < 1.29 is 28.7 Å². The summed E-state index contributed by atoms with van der Waals surface area (Å²) in [6.45, 7) is 1.12. The highest BCUT2D eigenvalue weighted by Crippen LogP contribution is 2.28. The number of rotatable bonds is 5. The van der Waals surface area contributed by atoms with Crippen molar-refractivity contribution in [1.82, 2.24) is 10.6 Å². The van der Waals surface area contributed by atoms with Crippen molar-refractivity contribution in [3.05, 3.63) is 15.8 Å².